The Balaban J connectivity index is 1.71. The molecule has 0 N–H and O–H groups in total. The summed E-state index contributed by atoms with van der Waals surface area (Å²) in [5, 5.41) is 0. The third-order valence-electron chi connectivity index (χ3n) is 7.80. The molecule has 0 atom stereocenters. The number of anilines is 4. The Hall–Kier alpha value is -6.16. The zero-order valence-corrected chi connectivity index (χ0v) is 30.0. The number of hydrogen-bond acceptors (Lipinski definition) is 10. The van der Waals surface area contributed by atoms with Crippen molar-refractivity contribution in [2.24, 2.45) is 0 Å². The number of nitrogens with zero attached hydrogens (tertiary/aromatic N) is 10. The maximum atomic E-state index is 5.21. The van der Waals surface area contributed by atoms with Gasteiger partial charge in [0.25, 0.3) is 0 Å². The Morgan fingerprint density at radius 3 is 0.720 bits per heavy atom. The highest BCUT2D eigenvalue weighted by molar-refractivity contribution is 5.84. The van der Waals surface area contributed by atoms with Crippen LogP contribution in [0.4, 0.5) is 22.7 Å². The summed E-state index contributed by atoms with van der Waals surface area (Å²) in [6, 6.07) is 15.9. The molecule has 0 aliphatic rings. The fourth-order valence-corrected chi connectivity index (χ4v) is 5.27. The second kappa shape index (κ2) is 16.3. The molecule has 50 heavy (non-hydrogen) atoms. The van der Waals surface area contributed by atoms with E-state index in [9.17, 15) is 0 Å². The minimum atomic E-state index is 0.677. The molecule has 0 unspecified atom stereocenters. The molecule has 10 heteroatoms. The van der Waals surface area contributed by atoms with E-state index in [4.69, 9.17) is 9.97 Å². The van der Waals surface area contributed by atoms with E-state index < -0.39 is 0 Å². The number of aromatic nitrogens is 6. The monoisotopic (exact) mass is 664 g/mol. The molecule has 5 rings (SSSR count). The smallest absolute Gasteiger partial charge is 0.0895 e. The normalized spacial score (nSPS) is 11.7. The first-order chi connectivity index (χ1) is 24.1. The van der Waals surface area contributed by atoms with Crippen LogP contribution in [-0.4, -0.2) is 86.3 Å². The highest BCUT2D eigenvalue weighted by atomic mass is 15.1. The summed E-state index contributed by atoms with van der Waals surface area (Å²) in [5.74, 6) is 0. The van der Waals surface area contributed by atoms with E-state index >= 15 is 0 Å². The maximum Gasteiger partial charge on any atom is 0.0895 e. The lowest BCUT2D eigenvalue weighted by molar-refractivity contribution is 1.10. The van der Waals surface area contributed by atoms with Crippen LogP contribution in [-0.2, 0) is 0 Å². The Morgan fingerprint density at radius 2 is 0.520 bits per heavy atom. The van der Waals surface area contributed by atoms with Crippen molar-refractivity contribution in [2.75, 3.05) is 76.0 Å². The molecule has 0 saturated heterocycles. The quantitative estimate of drug-likeness (QED) is 0.139. The molecular weight excluding hydrogens is 621 g/mol. The first-order valence-corrected chi connectivity index (χ1v) is 16.3. The largest absolute Gasteiger partial charge is 0.376 e. The zero-order chi connectivity index (χ0) is 35.6. The van der Waals surface area contributed by atoms with Gasteiger partial charge >= 0.3 is 0 Å². The van der Waals surface area contributed by atoms with Crippen LogP contribution in [0.5, 0.6) is 0 Å². The molecular formula is C40H44N10. The fraction of sp³-hybridized carbons (Fsp3) is 0.200. The molecule has 0 aromatic carbocycles. The van der Waals surface area contributed by atoms with Gasteiger partial charge in [-0.25, -0.2) is 9.97 Å². The van der Waals surface area contributed by atoms with Gasteiger partial charge in [0.05, 0.1) is 68.3 Å². The van der Waals surface area contributed by atoms with Crippen molar-refractivity contribution in [3.05, 3.63) is 119 Å². The van der Waals surface area contributed by atoms with Crippen molar-refractivity contribution < 1.29 is 0 Å². The standard InChI is InChI=1S/C40H44N10/c1-47(2)37-13-9-25-41-33(37)21-17-29-30(18-22-34-38(48(3)4)14-10-26-42-34)46-32(20-24-36-40(50(7)8)16-12-28-44-36)31(45-29)19-23-35-39(49(5)6)15-11-27-43-35/h9-28H,1-8H3. The van der Waals surface area contributed by atoms with Crippen LogP contribution in [0.1, 0.15) is 45.6 Å². The Bertz CT molecular complexity index is 1750. The fourth-order valence-electron chi connectivity index (χ4n) is 5.27. The van der Waals surface area contributed by atoms with E-state index in [1.165, 1.54) is 0 Å². The summed E-state index contributed by atoms with van der Waals surface area (Å²) in [5.41, 5.74) is 9.99. The summed E-state index contributed by atoms with van der Waals surface area (Å²) in [6.45, 7) is 0. The van der Waals surface area contributed by atoms with E-state index in [1.54, 1.807) is 24.8 Å². The summed E-state index contributed by atoms with van der Waals surface area (Å²) in [4.78, 5) is 37.1. The van der Waals surface area contributed by atoms with Crippen LogP contribution < -0.4 is 19.6 Å². The summed E-state index contributed by atoms with van der Waals surface area (Å²) in [7, 11) is 16.0. The summed E-state index contributed by atoms with van der Waals surface area (Å²) >= 11 is 0. The van der Waals surface area contributed by atoms with Crippen LogP contribution in [0.3, 0.4) is 0 Å². The van der Waals surface area contributed by atoms with Crippen molar-refractivity contribution in [3.8, 4) is 0 Å². The van der Waals surface area contributed by atoms with Crippen LogP contribution in [0.25, 0.3) is 48.6 Å². The van der Waals surface area contributed by atoms with Gasteiger partial charge in [0, 0.05) is 81.2 Å². The van der Waals surface area contributed by atoms with Crippen LogP contribution in [0.2, 0.25) is 0 Å². The predicted molar refractivity (Wildman–Crippen MR) is 212 cm³/mol. The molecule has 10 nitrogen and oxygen atoms in total. The molecule has 254 valence electrons. The lowest BCUT2D eigenvalue weighted by atomic mass is 10.1. The molecule has 5 aromatic rings. The molecule has 0 bridgehead atoms. The third kappa shape index (κ3) is 8.65. The van der Waals surface area contributed by atoms with Gasteiger partial charge in [0.2, 0.25) is 0 Å². The molecule has 0 saturated carbocycles. The van der Waals surface area contributed by atoms with Gasteiger partial charge in [-0.3, -0.25) is 19.9 Å². The molecule has 5 heterocycles. The van der Waals surface area contributed by atoms with Crippen LogP contribution in [0.15, 0.2) is 73.3 Å². The first-order valence-electron chi connectivity index (χ1n) is 16.3. The molecule has 0 aliphatic carbocycles. The summed E-state index contributed by atoms with van der Waals surface area (Å²) < 4.78 is 0. The predicted octanol–water partition coefficient (Wildman–Crippen LogP) is 7.00. The molecule has 0 spiro atoms. The molecule has 0 fully saturated rings. The Morgan fingerprint density at radius 1 is 0.320 bits per heavy atom. The molecule has 5 aromatic heterocycles. The average Bonchev–Trinajstić information content (AvgIpc) is 3.12. The number of hydrogen-bond donors (Lipinski definition) is 0. The highest BCUT2D eigenvalue weighted by Gasteiger charge is 2.12. The van der Waals surface area contributed by atoms with Gasteiger partial charge in [-0.05, 0) is 97.1 Å². The van der Waals surface area contributed by atoms with E-state index in [1.807, 2.05) is 173 Å². The van der Waals surface area contributed by atoms with Crippen molar-refractivity contribution in [2.45, 2.75) is 0 Å². The number of rotatable bonds is 12. The van der Waals surface area contributed by atoms with Crippen LogP contribution >= 0.6 is 0 Å². The van der Waals surface area contributed by atoms with Gasteiger partial charge in [-0.15, -0.1) is 0 Å². The molecule has 0 aliphatic heterocycles. The van der Waals surface area contributed by atoms with Gasteiger partial charge < -0.3 is 19.6 Å². The van der Waals surface area contributed by atoms with Crippen molar-refractivity contribution >= 4 is 71.4 Å². The summed E-state index contributed by atoms with van der Waals surface area (Å²) in [6.07, 6.45) is 22.9. The van der Waals surface area contributed by atoms with E-state index in [2.05, 4.69) is 19.9 Å². The van der Waals surface area contributed by atoms with E-state index in [0.717, 1.165) is 45.5 Å². The minimum absolute atomic E-state index is 0.677. The Kier molecular flexibility index (Phi) is 11.5. The minimum Gasteiger partial charge on any atom is -0.376 e. The SMILES string of the molecule is CN(C)c1cccnc1C=Cc1nc(C=Cc2ncccc2N(C)C)c(C=Cc2ncccc2N(C)C)nc1C=Cc1ncccc1N(C)C. The zero-order valence-electron chi connectivity index (χ0n) is 30.0. The third-order valence-corrected chi connectivity index (χ3v) is 7.80. The van der Waals surface area contributed by atoms with Gasteiger partial charge in [0.15, 0.2) is 0 Å². The second-order valence-corrected chi connectivity index (χ2v) is 12.3. The van der Waals surface area contributed by atoms with Gasteiger partial charge in [-0.2, -0.15) is 0 Å². The van der Waals surface area contributed by atoms with Crippen molar-refractivity contribution in [1.82, 2.24) is 29.9 Å². The lowest BCUT2D eigenvalue weighted by Gasteiger charge is -2.15. The van der Waals surface area contributed by atoms with Crippen molar-refractivity contribution in [1.29, 1.82) is 0 Å². The number of pyridine rings is 4. The van der Waals surface area contributed by atoms with E-state index in [0.29, 0.717) is 22.8 Å². The van der Waals surface area contributed by atoms with Crippen LogP contribution in [0, 0.1) is 0 Å². The second-order valence-electron chi connectivity index (χ2n) is 12.3. The van der Waals surface area contributed by atoms with Crippen molar-refractivity contribution in [3.63, 3.8) is 0 Å². The van der Waals surface area contributed by atoms with E-state index in [-0.39, 0.29) is 0 Å². The highest BCUT2D eigenvalue weighted by Crippen LogP contribution is 2.25. The molecule has 0 radical (unpaired) electrons. The topological polar surface area (TPSA) is 90.3 Å². The Labute approximate surface area is 295 Å². The molecule has 0 amide bonds. The van der Waals surface area contributed by atoms with Gasteiger partial charge in [0.1, 0.15) is 0 Å². The first kappa shape index (κ1) is 35.2. The average molecular weight is 665 g/mol. The lowest BCUT2D eigenvalue weighted by Crippen LogP contribution is -2.11. The maximum absolute atomic E-state index is 5.21. The van der Waals surface area contributed by atoms with Gasteiger partial charge in [-0.1, -0.05) is 0 Å².